The third-order valence-electron chi connectivity index (χ3n) is 3.83. The molecule has 0 radical (unpaired) electrons. The number of rotatable bonds is 9. The summed E-state index contributed by atoms with van der Waals surface area (Å²) in [5, 5.41) is 1.65. The van der Waals surface area contributed by atoms with Crippen molar-refractivity contribution in [2.75, 3.05) is 26.9 Å². The summed E-state index contributed by atoms with van der Waals surface area (Å²) < 4.78 is 69.3. The minimum Gasteiger partial charge on any atom is -0.463 e. The summed E-state index contributed by atoms with van der Waals surface area (Å²) in [6.07, 6.45) is -11.3. The third-order valence-corrected chi connectivity index (χ3v) is 3.83. The molecule has 1 amide bonds. The molecule has 1 aliphatic rings. The molecule has 1 fully saturated rings. The van der Waals surface area contributed by atoms with Gasteiger partial charge in [0, 0.05) is 27.9 Å². The molecule has 0 spiro atoms. The zero-order chi connectivity index (χ0) is 23.8. The summed E-state index contributed by atoms with van der Waals surface area (Å²) in [6.45, 7) is 2.38. The number of alkyl halides is 3. The Bertz CT molecular complexity index is 657. The lowest BCUT2D eigenvalue weighted by atomic mass is 9.96. The summed E-state index contributed by atoms with van der Waals surface area (Å²) in [5.74, 6) is -4.92. The Morgan fingerprint density at radius 2 is 1.52 bits per heavy atom. The van der Waals surface area contributed by atoms with Crippen LogP contribution in [0.2, 0.25) is 0 Å². The number of methoxy groups -OCH3 is 1. The second kappa shape index (κ2) is 11.8. The van der Waals surface area contributed by atoms with E-state index in [1.54, 1.807) is 5.32 Å². The summed E-state index contributed by atoms with van der Waals surface area (Å²) in [6, 6.07) is -1.73. The second-order valence-electron chi connectivity index (χ2n) is 6.35. The molecule has 0 bridgehead atoms. The van der Waals surface area contributed by atoms with Crippen molar-refractivity contribution in [2.45, 2.75) is 57.6 Å². The molecule has 0 aromatic rings. The fraction of sp³-hybridized carbons (Fsp3) is 0.765. The SMILES string of the molecule is COCCO[C@@H]1O[C@H](COC(C)=O)[C@H](OC(C)=O)[C@H](OC(C)=O)[C@H]1NC(=O)C(F)(F)F. The number of hydrogen-bond acceptors (Lipinski definition) is 10. The van der Waals surface area contributed by atoms with Crippen LogP contribution in [-0.2, 0) is 47.6 Å². The van der Waals surface area contributed by atoms with Crippen LogP contribution in [0.5, 0.6) is 0 Å². The highest BCUT2D eigenvalue weighted by molar-refractivity contribution is 5.82. The Labute approximate surface area is 175 Å². The maximum atomic E-state index is 12.9. The highest BCUT2D eigenvalue weighted by Crippen LogP contribution is 2.29. The molecule has 1 heterocycles. The molecular weight excluding hydrogens is 435 g/mol. The molecule has 14 heteroatoms. The fourth-order valence-corrected chi connectivity index (χ4v) is 2.68. The van der Waals surface area contributed by atoms with Gasteiger partial charge in [0.25, 0.3) is 0 Å². The van der Waals surface area contributed by atoms with E-state index in [1.165, 1.54) is 7.11 Å². The molecule has 1 N–H and O–H groups in total. The van der Waals surface area contributed by atoms with Crippen LogP contribution in [0, 0.1) is 0 Å². The van der Waals surface area contributed by atoms with E-state index in [0.717, 1.165) is 20.8 Å². The van der Waals surface area contributed by atoms with E-state index in [-0.39, 0.29) is 13.2 Å². The lowest BCUT2D eigenvalue weighted by molar-refractivity contribution is -0.280. The molecule has 1 saturated heterocycles. The Balaban J connectivity index is 3.33. The minimum absolute atomic E-state index is 0.0139. The van der Waals surface area contributed by atoms with Gasteiger partial charge in [-0.3, -0.25) is 19.2 Å². The second-order valence-corrected chi connectivity index (χ2v) is 6.35. The lowest BCUT2D eigenvalue weighted by Gasteiger charge is -2.45. The van der Waals surface area contributed by atoms with Crippen molar-refractivity contribution in [1.29, 1.82) is 0 Å². The first-order chi connectivity index (χ1) is 14.4. The van der Waals surface area contributed by atoms with Crippen LogP contribution < -0.4 is 5.32 Å². The first-order valence-corrected chi connectivity index (χ1v) is 8.98. The van der Waals surface area contributed by atoms with E-state index < -0.39 is 67.2 Å². The largest absolute Gasteiger partial charge is 0.471 e. The zero-order valence-electron chi connectivity index (χ0n) is 17.2. The Morgan fingerprint density at radius 3 is 2.00 bits per heavy atom. The molecule has 0 aliphatic carbocycles. The fourth-order valence-electron chi connectivity index (χ4n) is 2.68. The summed E-state index contributed by atoms with van der Waals surface area (Å²) in [4.78, 5) is 46.0. The van der Waals surface area contributed by atoms with Gasteiger partial charge in [0.1, 0.15) is 18.8 Å². The average molecular weight is 459 g/mol. The predicted octanol–water partition coefficient (Wildman–Crippen LogP) is -0.152. The van der Waals surface area contributed by atoms with Gasteiger partial charge in [-0.1, -0.05) is 0 Å². The Hall–Kier alpha value is -2.45. The van der Waals surface area contributed by atoms with E-state index in [9.17, 15) is 32.3 Å². The molecule has 11 nitrogen and oxygen atoms in total. The van der Waals surface area contributed by atoms with Crippen LogP contribution >= 0.6 is 0 Å². The van der Waals surface area contributed by atoms with E-state index in [2.05, 4.69) is 0 Å². The maximum Gasteiger partial charge on any atom is 0.471 e. The van der Waals surface area contributed by atoms with Crippen molar-refractivity contribution in [3.05, 3.63) is 0 Å². The van der Waals surface area contributed by atoms with Gasteiger partial charge < -0.3 is 33.7 Å². The molecule has 0 aromatic heterocycles. The van der Waals surface area contributed by atoms with Crippen LogP contribution in [0.4, 0.5) is 13.2 Å². The molecule has 0 unspecified atom stereocenters. The van der Waals surface area contributed by atoms with Crippen LogP contribution in [0.15, 0.2) is 0 Å². The van der Waals surface area contributed by atoms with Gasteiger partial charge in [-0.2, -0.15) is 13.2 Å². The summed E-state index contributed by atoms with van der Waals surface area (Å²) >= 11 is 0. The molecule has 1 rings (SSSR count). The van der Waals surface area contributed by atoms with Crippen LogP contribution in [-0.4, -0.2) is 87.6 Å². The highest BCUT2D eigenvalue weighted by atomic mass is 19.4. The molecule has 178 valence electrons. The monoisotopic (exact) mass is 459 g/mol. The number of halogens is 3. The molecule has 1 aliphatic heterocycles. The van der Waals surface area contributed by atoms with Crippen molar-refractivity contribution < 1.29 is 60.8 Å². The summed E-state index contributed by atoms with van der Waals surface area (Å²) in [7, 11) is 1.34. The molecule has 5 atom stereocenters. The van der Waals surface area contributed by atoms with E-state index >= 15 is 0 Å². The number of carbonyl (C=O) groups excluding carboxylic acids is 4. The van der Waals surface area contributed by atoms with Crippen molar-refractivity contribution in [3.63, 3.8) is 0 Å². The van der Waals surface area contributed by atoms with Crippen molar-refractivity contribution >= 4 is 23.8 Å². The number of esters is 3. The van der Waals surface area contributed by atoms with Crippen LogP contribution in [0.25, 0.3) is 0 Å². The van der Waals surface area contributed by atoms with E-state index in [4.69, 9.17) is 28.4 Å². The Morgan fingerprint density at radius 1 is 0.935 bits per heavy atom. The van der Waals surface area contributed by atoms with Crippen LogP contribution in [0.3, 0.4) is 0 Å². The number of nitrogens with one attached hydrogen (secondary N) is 1. The van der Waals surface area contributed by atoms with Gasteiger partial charge in [0.15, 0.2) is 18.5 Å². The van der Waals surface area contributed by atoms with Gasteiger partial charge in [-0.15, -0.1) is 0 Å². The van der Waals surface area contributed by atoms with E-state index in [0.29, 0.717) is 0 Å². The number of carbonyl (C=O) groups is 4. The first-order valence-electron chi connectivity index (χ1n) is 8.98. The van der Waals surface area contributed by atoms with Gasteiger partial charge >= 0.3 is 30.0 Å². The zero-order valence-corrected chi connectivity index (χ0v) is 17.2. The number of hydrogen-bond donors (Lipinski definition) is 1. The standard InChI is InChI=1S/C17H24F3NO10/c1-8(22)28-7-11-13(29-9(2)23)14(30-10(3)24)12(21-16(25)17(18,19)20)15(31-11)27-6-5-26-4/h11-15H,5-7H2,1-4H3,(H,21,25)/t11-,12-,13+,14-,15-/m1/s1. The molecular formula is C17H24F3NO10. The van der Waals surface area contributed by atoms with Crippen molar-refractivity contribution in [3.8, 4) is 0 Å². The van der Waals surface area contributed by atoms with Gasteiger partial charge in [-0.25, -0.2) is 0 Å². The van der Waals surface area contributed by atoms with Gasteiger partial charge in [0.05, 0.1) is 13.2 Å². The Kier molecular flexibility index (Phi) is 10.1. The first kappa shape index (κ1) is 26.6. The van der Waals surface area contributed by atoms with E-state index in [1.807, 2.05) is 0 Å². The normalized spacial score (nSPS) is 26.0. The number of ether oxygens (including phenoxy) is 6. The van der Waals surface area contributed by atoms with Gasteiger partial charge in [-0.05, 0) is 0 Å². The highest BCUT2D eigenvalue weighted by Gasteiger charge is 2.53. The van der Waals surface area contributed by atoms with Crippen LogP contribution in [0.1, 0.15) is 20.8 Å². The van der Waals surface area contributed by atoms with Crippen molar-refractivity contribution in [2.24, 2.45) is 0 Å². The number of amides is 1. The van der Waals surface area contributed by atoms with Gasteiger partial charge in [0.2, 0.25) is 0 Å². The summed E-state index contributed by atoms with van der Waals surface area (Å²) in [5.41, 5.74) is 0. The minimum atomic E-state index is -5.27. The molecule has 0 saturated carbocycles. The average Bonchev–Trinajstić information content (AvgIpc) is 2.63. The molecule has 31 heavy (non-hydrogen) atoms. The third kappa shape index (κ3) is 8.67. The quantitative estimate of drug-likeness (QED) is 0.282. The predicted molar refractivity (Wildman–Crippen MR) is 92.2 cm³/mol. The molecule has 0 aromatic carbocycles. The lowest BCUT2D eigenvalue weighted by Crippen LogP contribution is -2.67. The topological polar surface area (TPSA) is 136 Å². The van der Waals surface area contributed by atoms with Crippen molar-refractivity contribution in [1.82, 2.24) is 5.32 Å². The maximum absolute atomic E-state index is 12.9. The smallest absolute Gasteiger partial charge is 0.463 e.